The number of aromatic amines is 1. The monoisotopic (exact) mass is 372 g/mol. The maximum absolute atomic E-state index is 12.4. The fourth-order valence-electron chi connectivity index (χ4n) is 4.06. The summed E-state index contributed by atoms with van der Waals surface area (Å²) < 4.78 is 26.5. The Morgan fingerprint density at radius 3 is 2.71 bits per heavy atom. The molecule has 1 aromatic heterocycles. The van der Waals surface area contributed by atoms with Crippen LogP contribution < -0.4 is 0 Å². The highest BCUT2D eigenvalue weighted by molar-refractivity contribution is 7.99. The number of rotatable bonds is 5. The van der Waals surface area contributed by atoms with E-state index < -0.39 is 15.6 Å². The van der Waals surface area contributed by atoms with E-state index in [2.05, 4.69) is 28.0 Å². The molecule has 1 unspecified atom stereocenters. The first kappa shape index (κ1) is 18.2. The second kappa shape index (κ2) is 6.97. The Labute approximate surface area is 149 Å². The molecule has 0 radical (unpaired) electrons. The lowest BCUT2D eigenvalue weighted by Gasteiger charge is -2.49. The minimum Gasteiger partial charge on any atom is -0.348 e. The molecule has 0 amide bonds. The maximum Gasteiger partial charge on any atom is 0.212 e. The number of imidazole rings is 1. The van der Waals surface area contributed by atoms with Gasteiger partial charge in [-0.15, -0.1) is 0 Å². The average Bonchev–Trinajstić information content (AvgIpc) is 3.03. The molecule has 2 aliphatic heterocycles. The topological polar surface area (TPSA) is 69.3 Å². The molecule has 1 saturated heterocycles. The minimum absolute atomic E-state index is 0.456. The van der Waals surface area contributed by atoms with Gasteiger partial charge in [-0.3, -0.25) is 0 Å². The van der Waals surface area contributed by atoms with Crippen LogP contribution in [0.15, 0.2) is 6.33 Å². The van der Waals surface area contributed by atoms with Crippen LogP contribution in [-0.4, -0.2) is 71.5 Å². The number of nitrogens with zero attached hydrogens (tertiary/aromatic N) is 3. The molecular weight excluding hydrogens is 344 g/mol. The van der Waals surface area contributed by atoms with Crippen molar-refractivity contribution >= 4 is 21.8 Å². The quantitative estimate of drug-likeness (QED) is 0.851. The third-order valence-corrected chi connectivity index (χ3v) is 7.91. The van der Waals surface area contributed by atoms with Crippen molar-refractivity contribution in [1.29, 1.82) is 0 Å². The lowest BCUT2D eigenvalue weighted by atomic mass is 9.80. The molecule has 1 spiro atoms. The van der Waals surface area contributed by atoms with Crippen LogP contribution >= 0.6 is 11.8 Å². The molecule has 1 aromatic rings. The van der Waals surface area contributed by atoms with Gasteiger partial charge in [0.15, 0.2) is 0 Å². The number of aromatic nitrogens is 2. The van der Waals surface area contributed by atoms with Gasteiger partial charge in [0.25, 0.3) is 0 Å². The van der Waals surface area contributed by atoms with E-state index in [1.165, 1.54) is 12.7 Å². The number of hydrogen-bond acceptors (Lipinski definition) is 5. The van der Waals surface area contributed by atoms with Gasteiger partial charge in [0.1, 0.15) is 0 Å². The number of H-pyrrole nitrogens is 1. The normalized spacial score (nSPS) is 23.3. The van der Waals surface area contributed by atoms with E-state index in [9.17, 15) is 8.42 Å². The van der Waals surface area contributed by atoms with Crippen molar-refractivity contribution in [2.75, 3.05) is 38.7 Å². The first-order valence-electron chi connectivity index (χ1n) is 8.62. The molecule has 0 bridgehead atoms. The van der Waals surface area contributed by atoms with Crippen molar-refractivity contribution in [3.05, 3.63) is 17.7 Å². The number of fused-ring (bicyclic) bond motifs is 2. The molecule has 1 atom stereocenters. The lowest BCUT2D eigenvalue weighted by Crippen LogP contribution is -2.58. The van der Waals surface area contributed by atoms with Crippen LogP contribution in [0.3, 0.4) is 0 Å². The summed E-state index contributed by atoms with van der Waals surface area (Å²) in [6, 6.07) is 0. The van der Waals surface area contributed by atoms with Gasteiger partial charge in [-0.2, -0.15) is 16.1 Å². The fraction of sp³-hybridized carbons (Fsp3) is 0.812. The van der Waals surface area contributed by atoms with Gasteiger partial charge < -0.3 is 9.88 Å². The number of sulfonamides is 1. The van der Waals surface area contributed by atoms with Crippen LogP contribution in [0.4, 0.5) is 0 Å². The zero-order valence-corrected chi connectivity index (χ0v) is 16.4. The Bertz CT molecular complexity index is 665. The molecule has 1 N–H and O–H groups in total. The van der Waals surface area contributed by atoms with E-state index in [4.69, 9.17) is 0 Å². The standard InChI is InChI=1S/C16H28N4O2S2/c1-13(23-2)4-8-19-10-6-16(7-11-19)15-14(17-12-18-15)5-9-20(16)24(3,21)22/h12-13H,4-11H2,1-3H3,(H,17,18). The molecule has 6 nitrogen and oxygen atoms in total. The number of piperidine rings is 1. The van der Waals surface area contributed by atoms with E-state index in [1.807, 2.05) is 11.8 Å². The Balaban J connectivity index is 1.78. The third kappa shape index (κ3) is 3.38. The highest BCUT2D eigenvalue weighted by atomic mass is 32.2. The zero-order chi connectivity index (χ0) is 17.4. The molecule has 3 rings (SSSR count). The van der Waals surface area contributed by atoms with E-state index in [0.29, 0.717) is 11.8 Å². The van der Waals surface area contributed by atoms with E-state index >= 15 is 0 Å². The number of hydrogen-bond donors (Lipinski definition) is 1. The van der Waals surface area contributed by atoms with Gasteiger partial charge in [-0.1, -0.05) is 6.92 Å². The molecule has 24 heavy (non-hydrogen) atoms. The van der Waals surface area contributed by atoms with E-state index in [-0.39, 0.29) is 0 Å². The van der Waals surface area contributed by atoms with Gasteiger partial charge in [0.2, 0.25) is 10.0 Å². The molecule has 8 heteroatoms. The maximum atomic E-state index is 12.4. The fourth-order valence-corrected chi connectivity index (χ4v) is 5.72. The summed E-state index contributed by atoms with van der Waals surface area (Å²) >= 11 is 1.90. The molecule has 0 aliphatic carbocycles. The highest BCUT2D eigenvalue weighted by Crippen LogP contribution is 2.43. The van der Waals surface area contributed by atoms with Crippen LogP contribution in [0.25, 0.3) is 0 Å². The SMILES string of the molecule is CSC(C)CCN1CCC2(CC1)c1nc[nH]c1CCN2S(C)(=O)=O. The first-order valence-corrected chi connectivity index (χ1v) is 11.8. The Morgan fingerprint density at radius 1 is 1.38 bits per heavy atom. The largest absolute Gasteiger partial charge is 0.348 e. The summed E-state index contributed by atoms with van der Waals surface area (Å²) in [5.74, 6) is 0. The second-order valence-electron chi connectivity index (χ2n) is 7.02. The Hall–Kier alpha value is -0.570. The van der Waals surface area contributed by atoms with Crippen molar-refractivity contribution in [2.45, 2.75) is 43.4 Å². The number of nitrogens with one attached hydrogen (secondary N) is 1. The zero-order valence-electron chi connectivity index (χ0n) is 14.8. The second-order valence-corrected chi connectivity index (χ2v) is 10.2. The predicted octanol–water partition coefficient (Wildman–Crippen LogP) is 1.66. The smallest absolute Gasteiger partial charge is 0.212 e. The summed E-state index contributed by atoms with van der Waals surface area (Å²) in [4.78, 5) is 10.2. The number of likely N-dealkylation sites (tertiary alicyclic amines) is 1. The van der Waals surface area contributed by atoms with Crippen LogP contribution in [0.5, 0.6) is 0 Å². The van der Waals surface area contributed by atoms with Gasteiger partial charge in [-0.05, 0) is 32.1 Å². The summed E-state index contributed by atoms with van der Waals surface area (Å²) in [5, 5.41) is 0.668. The van der Waals surface area contributed by atoms with Crippen LogP contribution in [0.1, 0.15) is 37.6 Å². The Morgan fingerprint density at radius 2 is 2.08 bits per heavy atom. The molecular formula is C16H28N4O2S2. The molecule has 3 heterocycles. The summed E-state index contributed by atoms with van der Waals surface area (Å²) in [5.41, 5.74) is 1.61. The van der Waals surface area contributed by atoms with Crippen molar-refractivity contribution in [3.8, 4) is 0 Å². The Kier molecular flexibility index (Phi) is 5.30. The summed E-state index contributed by atoms with van der Waals surface area (Å²) in [6.07, 6.45) is 8.75. The first-order chi connectivity index (χ1) is 11.4. The van der Waals surface area contributed by atoms with E-state index in [0.717, 1.165) is 50.3 Å². The highest BCUT2D eigenvalue weighted by Gasteiger charge is 2.50. The molecule has 0 aromatic carbocycles. The van der Waals surface area contributed by atoms with E-state index in [1.54, 1.807) is 10.6 Å². The van der Waals surface area contributed by atoms with Crippen LogP contribution in [0, 0.1) is 0 Å². The van der Waals surface area contributed by atoms with Crippen molar-refractivity contribution < 1.29 is 8.42 Å². The summed E-state index contributed by atoms with van der Waals surface area (Å²) in [6.45, 7) is 5.76. The van der Waals surface area contributed by atoms with Crippen LogP contribution in [-0.2, 0) is 22.0 Å². The summed E-state index contributed by atoms with van der Waals surface area (Å²) in [7, 11) is -3.24. The average molecular weight is 373 g/mol. The minimum atomic E-state index is -3.24. The van der Waals surface area contributed by atoms with Crippen molar-refractivity contribution in [2.24, 2.45) is 0 Å². The van der Waals surface area contributed by atoms with Crippen molar-refractivity contribution in [1.82, 2.24) is 19.2 Å². The molecule has 2 aliphatic rings. The van der Waals surface area contributed by atoms with Crippen LogP contribution in [0.2, 0.25) is 0 Å². The van der Waals surface area contributed by atoms with Gasteiger partial charge in [0.05, 0.1) is 23.8 Å². The molecule has 1 fully saturated rings. The lowest BCUT2D eigenvalue weighted by molar-refractivity contribution is 0.0634. The molecule has 136 valence electrons. The van der Waals surface area contributed by atoms with Gasteiger partial charge in [0, 0.05) is 37.0 Å². The van der Waals surface area contributed by atoms with Gasteiger partial charge in [-0.25, -0.2) is 13.4 Å². The van der Waals surface area contributed by atoms with Crippen molar-refractivity contribution in [3.63, 3.8) is 0 Å². The predicted molar refractivity (Wildman–Crippen MR) is 98.8 cm³/mol. The third-order valence-electron chi connectivity index (χ3n) is 5.54. The van der Waals surface area contributed by atoms with Gasteiger partial charge >= 0.3 is 0 Å². The molecule has 0 saturated carbocycles. The number of thioether (sulfide) groups is 1.